The molecule has 1 atom stereocenters. The van der Waals surface area contributed by atoms with Gasteiger partial charge >= 0.3 is 18.1 Å². The minimum atomic E-state index is -4.56. The van der Waals surface area contributed by atoms with E-state index in [1.807, 2.05) is 0 Å². The highest BCUT2D eigenvalue weighted by Crippen LogP contribution is 2.37. The molecule has 0 aliphatic carbocycles. The Balaban J connectivity index is 2.26. The van der Waals surface area contributed by atoms with Crippen LogP contribution in [-0.2, 0) is 15.7 Å². The van der Waals surface area contributed by atoms with Crippen molar-refractivity contribution in [1.29, 1.82) is 0 Å². The Kier molecular flexibility index (Phi) is 6.22. The maximum Gasteiger partial charge on any atom is 0.416 e. The number of halogens is 5. The molecule has 144 valence electrons. The molecule has 0 saturated carbocycles. The van der Waals surface area contributed by atoms with Crippen molar-refractivity contribution in [2.45, 2.75) is 19.2 Å². The van der Waals surface area contributed by atoms with Gasteiger partial charge in [-0.3, -0.25) is 0 Å². The van der Waals surface area contributed by atoms with E-state index >= 15 is 0 Å². The molecule has 27 heavy (non-hydrogen) atoms. The number of aliphatic carboxylic acids is 1. The molecule has 2 aromatic carbocycles. The maximum absolute atomic E-state index is 12.7. The van der Waals surface area contributed by atoms with E-state index in [4.69, 9.17) is 37.8 Å². The highest BCUT2D eigenvalue weighted by molar-refractivity contribution is 6.33. The molecule has 0 amide bonds. The fraction of sp³-hybridized carbons (Fsp3) is 0.176. The molecule has 1 N–H and O–H groups in total. The molecule has 0 aromatic heterocycles. The molecule has 0 fully saturated rings. The van der Waals surface area contributed by atoms with Crippen LogP contribution in [0.1, 0.15) is 22.8 Å². The third-order valence-corrected chi connectivity index (χ3v) is 3.90. The number of benzene rings is 2. The van der Waals surface area contributed by atoms with Crippen molar-refractivity contribution in [3.8, 4) is 11.5 Å². The van der Waals surface area contributed by atoms with Gasteiger partial charge in [-0.05, 0) is 43.3 Å². The van der Waals surface area contributed by atoms with Crippen molar-refractivity contribution in [1.82, 2.24) is 0 Å². The Morgan fingerprint density at radius 3 is 2.30 bits per heavy atom. The maximum atomic E-state index is 12.7. The molecule has 0 heterocycles. The molecule has 0 radical (unpaired) electrons. The summed E-state index contributed by atoms with van der Waals surface area (Å²) in [4.78, 5) is 22.8. The number of carboxylic acid groups (broad SMARTS) is 1. The van der Waals surface area contributed by atoms with Crippen LogP contribution in [0.25, 0.3) is 0 Å². The quantitative estimate of drug-likeness (QED) is 0.649. The number of ether oxygens (including phenoxy) is 2. The smallest absolute Gasteiger partial charge is 0.416 e. The first-order valence-electron chi connectivity index (χ1n) is 7.27. The summed E-state index contributed by atoms with van der Waals surface area (Å²) in [7, 11) is 0. The van der Waals surface area contributed by atoms with E-state index in [1.165, 1.54) is 12.1 Å². The monoisotopic (exact) mass is 422 g/mol. The Morgan fingerprint density at radius 2 is 1.74 bits per heavy atom. The van der Waals surface area contributed by atoms with Gasteiger partial charge in [-0.2, -0.15) is 13.2 Å². The predicted octanol–water partition coefficient (Wildman–Crippen LogP) is 5.43. The summed E-state index contributed by atoms with van der Waals surface area (Å²) in [6.07, 6.45) is -5.96. The zero-order valence-corrected chi connectivity index (χ0v) is 15.0. The molecule has 2 aromatic rings. The molecule has 0 aliphatic heterocycles. The Bertz CT molecular complexity index is 883. The largest absolute Gasteiger partial charge is 0.479 e. The van der Waals surface area contributed by atoms with E-state index in [0.717, 1.165) is 25.1 Å². The topological polar surface area (TPSA) is 72.8 Å². The van der Waals surface area contributed by atoms with E-state index in [0.29, 0.717) is 6.07 Å². The zero-order chi connectivity index (χ0) is 20.4. The number of carbonyl (C=O) groups excluding carboxylic acids is 1. The number of hydrogen-bond acceptors (Lipinski definition) is 4. The number of carbonyl (C=O) groups is 2. The Hall–Kier alpha value is -2.45. The van der Waals surface area contributed by atoms with Gasteiger partial charge in [0.1, 0.15) is 11.5 Å². The van der Waals surface area contributed by atoms with Gasteiger partial charge in [0.15, 0.2) is 6.10 Å². The summed E-state index contributed by atoms with van der Waals surface area (Å²) in [6, 6.07) is 6.33. The highest BCUT2D eigenvalue weighted by atomic mass is 35.5. The van der Waals surface area contributed by atoms with Crippen molar-refractivity contribution in [2.24, 2.45) is 0 Å². The minimum Gasteiger partial charge on any atom is -0.479 e. The zero-order valence-electron chi connectivity index (χ0n) is 13.5. The van der Waals surface area contributed by atoms with Crippen molar-refractivity contribution < 1.29 is 37.3 Å². The van der Waals surface area contributed by atoms with Gasteiger partial charge in [0, 0.05) is 0 Å². The normalized spacial score (nSPS) is 12.4. The summed E-state index contributed by atoms with van der Waals surface area (Å²) in [5.41, 5.74) is -1.12. The standard InChI is InChI=1S/C17H11Cl2F3O5/c1-8(15(23)24)26-16(25)11-7-10(3-4-12(11)18)27-14-5-2-9(6-13(14)19)17(20,21)22/h2-8H,1H3,(H,23,24)/t8-/m0/s1. The summed E-state index contributed by atoms with van der Waals surface area (Å²) < 4.78 is 48.1. The van der Waals surface area contributed by atoms with Gasteiger partial charge in [-0.15, -0.1) is 0 Å². The lowest BCUT2D eigenvalue weighted by Gasteiger charge is -2.13. The van der Waals surface area contributed by atoms with Gasteiger partial charge in [-0.25, -0.2) is 9.59 Å². The molecule has 0 unspecified atom stereocenters. The molecule has 0 spiro atoms. The van der Waals surface area contributed by atoms with E-state index in [2.05, 4.69) is 0 Å². The average Bonchev–Trinajstić information content (AvgIpc) is 2.57. The minimum absolute atomic E-state index is 0.0246. The number of hydrogen-bond donors (Lipinski definition) is 1. The van der Waals surface area contributed by atoms with Gasteiger partial charge in [0.25, 0.3) is 0 Å². The van der Waals surface area contributed by atoms with Crippen LogP contribution in [-0.4, -0.2) is 23.1 Å². The Morgan fingerprint density at radius 1 is 1.07 bits per heavy atom. The van der Waals surface area contributed by atoms with Gasteiger partial charge in [-0.1, -0.05) is 23.2 Å². The summed E-state index contributed by atoms with van der Waals surface area (Å²) in [5, 5.41) is 8.46. The van der Waals surface area contributed by atoms with Crippen LogP contribution in [0.15, 0.2) is 36.4 Å². The first-order chi connectivity index (χ1) is 12.5. The fourth-order valence-electron chi connectivity index (χ4n) is 1.89. The van der Waals surface area contributed by atoms with Crippen molar-refractivity contribution in [3.05, 3.63) is 57.6 Å². The Labute approximate surface area is 161 Å². The second-order valence-electron chi connectivity index (χ2n) is 5.27. The molecule has 5 nitrogen and oxygen atoms in total. The number of esters is 1. The third kappa shape index (κ3) is 5.27. The summed E-state index contributed by atoms with van der Waals surface area (Å²) in [5.74, 6) is -2.39. The summed E-state index contributed by atoms with van der Waals surface area (Å²) >= 11 is 11.7. The van der Waals surface area contributed by atoms with E-state index < -0.39 is 29.8 Å². The van der Waals surface area contributed by atoms with Crippen molar-refractivity contribution in [2.75, 3.05) is 0 Å². The van der Waals surface area contributed by atoms with Crippen LogP contribution in [0.2, 0.25) is 10.0 Å². The van der Waals surface area contributed by atoms with Gasteiger partial charge < -0.3 is 14.6 Å². The lowest BCUT2D eigenvalue weighted by atomic mass is 10.2. The van der Waals surface area contributed by atoms with Crippen LogP contribution in [0.3, 0.4) is 0 Å². The van der Waals surface area contributed by atoms with E-state index in [1.54, 1.807) is 0 Å². The van der Waals surface area contributed by atoms with E-state index in [9.17, 15) is 22.8 Å². The first kappa shape index (κ1) is 20.9. The summed E-state index contributed by atoms with van der Waals surface area (Å²) in [6.45, 7) is 1.16. The van der Waals surface area contributed by atoms with Crippen LogP contribution < -0.4 is 4.74 Å². The second kappa shape index (κ2) is 8.06. The first-order valence-corrected chi connectivity index (χ1v) is 8.02. The van der Waals surface area contributed by atoms with Crippen LogP contribution in [0, 0.1) is 0 Å². The lowest BCUT2D eigenvalue weighted by molar-refractivity contribution is -0.146. The molecular formula is C17H11Cl2F3O5. The predicted molar refractivity (Wildman–Crippen MR) is 90.5 cm³/mol. The molecule has 0 bridgehead atoms. The van der Waals surface area contributed by atoms with Crippen molar-refractivity contribution in [3.63, 3.8) is 0 Å². The fourth-order valence-corrected chi connectivity index (χ4v) is 2.30. The lowest BCUT2D eigenvalue weighted by Crippen LogP contribution is -2.23. The molecular weight excluding hydrogens is 412 g/mol. The van der Waals surface area contributed by atoms with Crippen LogP contribution in [0.5, 0.6) is 11.5 Å². The molecule has 0 saturated heterocycles. The van der Waals surface area contributed by atoms with Crippen LogP contribution in [0.4, 0.5) is 13.2 Å². The van der Waals surface area contributed by atoms with Gasteiger partial charge in [0.05, 0.1) is 21.2 Å². The second-order valence-corrected chi connectivity index (χ2v) is 6.09. The van der Waals surface area contributed by atoms with E-state index in [-0.39, 0.29) is 27.1 Å². The highest BCUT2D eigenvalue weighted by Gasteiger charge is 2.31. The number of rotatable bonds is 5. The van der Waals surface area contributed by atoms with Gasteiger partial charge in [0.2, 0.25) is 0 Å². The van der Waals surface area contributed by atoms with Crippen LogP contribution >= 0.6 is 23.2 Å². The third-order valence-electron chi connectivity index (χ3n) is 3.28. The number of alkyl halides is 3. The average molecular weight is 423 g/mol. The van der Waals surface area contributed by atoms with Crippen molar-refractivity contribution >= 4 is 35.1 Å². The SMILES string of the molecule is C[C@H](OC(=O)c1cc(Oc2ccc(C(F)(F)F)cc2Cl)ccc1Cl)C(=O)O. The number of carboxylic acids is 1. The molecule has 10 heteroatoms. The molecule has 0 aliphatic rings. The molecule has 2 rings (SSSR count).